The molecule has 21 heavy (non-hydrogen) atoms. The molecule has 3 nitrogen and oxygen atoms in total. The second kappa shape index (κ2) is 7.38. The Morgan fingerprint density at radius 3 is 2.90 bits per heavy atom. The van der Waals surface area contributed by atoms with Gasteiger partial charge in [0.15, 0.2) is 0 Å². The monoisotopic (exact) mass is 336 g/mol. The molecule has 7 heteroatoms. The van der Waals surface area contributed by atoms with E-state index in [0.29, 0.717) is 30.1 Å². The van der Waals surface area contributed by atoms with Gasteiger partial charge in [0.1, 0.15) is 0 Å². The summed E-state index contributed by atoms with van der Waals surface area (Å²) in [5.74, 6) is -0.935. The zero-order valence-corrected chi connectivity index (χ0v) is 12.8. The number of nitrogens with one attached hydrogen (secondary N) is 1. The lowest BCUT2D eigenvalue weighted by Crippen LogP contribution is -2.42. The SMILES string of the molecule is O=C(CN1CCCC(C(F)F)C1)Nc1cccc(Cl)c1Cl. The fourth-order valence-corrected chi connectivity index (χ4v) is 2.78. The Labute approximate surface area is 132 Å². The first-order valence-electron chi connectivity index (χ1n) is 6.71. The maximum atomic E-state index is 12.7. The van der Waals surface area contributed by atoms with E-state index in [0.717, 1.165) is 0 Å². The van der Waals surface area contributed by atoms with Crippen molar-refractivity contribution in [3.8, 4) is 0 Å². The highest BCUT2D eigenvalue weighted by molar-refractivity contribution is 6.43. The lowest BCUT2D eigenvalue weighted by molar-refractivity contribution is -0.118. The van der Waals surface area contributed by atoms with Gasteiger partial charge in [-0.25, -0.2) is 8.78 Å². The number of carbonyl (C=O) groups is 1. The summed E-state index contributed by atoms with van der Waals surface area (Å²) < 4.78 is 25.4. The maximum absolute atomic E-state index is 12.7. The number of amides is 1. The van der Waals surface area contributed by atoms with Crippen molar-refractivity contribution in [1.82, 2.24) is 4.90 Å². The number of halogens is 4. The van der Waals surface area contributed by atoms with Crippen molar-refractivity contribution in [2.75, 3.05) is 25.0 Å². The van der Waals surface area contributed by atoms with Crippen molar-refractivity contribution in [3.63, 3.8) is 0 Å². The minimum Gasteiger partial charge on any atom is -0.324 e. The topological polar surface area (TPSA) is 32.3 Å². The molecule has 0 aliphatic carbocycles. The molecule has 1 amide bonds. The number of nitrogens with zero attached hydrogens (tertiary/aromatic N) is 1. The highest BCUT2D eigenvalue weighted by atomic mass is 35.5. The average Bonchev–Trinajstić information content (AvgIpc) is 2.44. The molecule has 1 aromatic carbocycles. The Bertz CT molecular complexity index is 514. The van der Waals surface area contributed by atoms with Crippen molar-refractivity contribution >= 4 is 34.8 Å². The van der Waals surface area contributed by atoms with Crippen LogP contribution >= 0.6 is 23.2 Å². The standard InChI is InChI=1S/C14H16Cl2F2N2O/c15-10-4-1-5-11(13(10)16)19-12(21)8-20-6-2-3-9(7-20)14(17)18/h1,4-5,9,14H,2-3,6-8H2,(H,19,21). The molecule has 0 aromatic heterocycles. The number of piperidine rings is 1. The number of alkyl halides is 2. The van der Waals surface area contributed by atoms with Crippen molar-refractivity contribution in [1.29, 1.82) is 0 Å². The normalized spacial score (nSPS) is 19.8. The predicted molar refractivity (Wildman–Crippen MR) is 80.3 cm³/mol. The lowest BCUT2D eigenvalue weighted by atomic mass is 9.99. The van der Waals surface area contributed by atoms with Gasteiger partial charge in [0.05, 0.1) is 22.3 Å². The predicted octanol–water partition coefficient (Wildman–Crippen LogP) is 3.91. The van der Waals surface area contributed by atoms with Crippen molar-refractivity contribution in [2.24, 2.45) is 5.92 Å². The van der Waals surface area contributed by atoms with Crippen LogP contribution in [0, 0.1) is 5.92 Å². The highest BCUT2D eigenvalue weighted by Gasteiger charge is 2.27. The number of carbonyl (C=O) groups excluding carboxylic acids is 1. The van der Waals surface area contributed by atoms with Gasteiger partial charge in [-0.05, 0) is 31.5 Å². The Morgan fingerprint density at radius 2 is 2.19 bits per heavy atom. The molecule has 0 radical (unpaired) electrons. The van der Waals surface area contributed by atoms with E-state index in [1.54, 1.807) is 23.1 Å². The highest BCUT2D eigenvalue weighted by Crippen LogP contribution is 2.29. The summed E-state index contributed by atoms with van der Waals surface area (Å²) in [7, 11) is 0. The van der Waals surface area contributed by atoms with Gasteiger partial charge in [-0.2, -0.15) is 0 Å². The molecule has 1 fully saturated rings. The second-order valence-corrected chi connectivity index (χ2v) is 5.91. The van der Waals surface area contributed by atoms with Crippen LogP contribution < -0.4 is 5.32 Å². The number of benzene rings is 1. The molecular formula is C14H16Cl2F2N2O. The summed E-state index contributed by atoms with van der Waals surface area (Å²) in [6.45, 7) is 0.973. The van der Waals surface area contributed by atoms with Crippen LogP contribution in [0.2, 0.25) is 10.0 Å². The van der Waals surface area contributed by atoms with Gasteiger partial charge in [0.25, 0.3) is 0 Å². The third-order valence-electron chi connectivity index (χ3n) is 3.49. The molecule has 116 valence electrons. The van der Waals surface area contributed by atoms with Crippen LogP contribution in [0.3, 0.4) is 0 Å². The van der Waals surface area contributed by atoms with Gasteiger partial charge in [-0.3, -0.25) is 9.69 Å². The van der Waals surface area contributed by atoms with Crippen LogP contribution in [0.15, 0.2) is 18.2 Å². The third-order valence-corrected chi connectivity index (χ3v) is 4.31. The molecule has 1 aromatic rings. The van der Waals surface area contributed by atoms with E-state index < -0.39 is 12.3 Å². The zero-order valence-electron chi connectivity index (χ0n) is 11.3. The molecule has 2 rings (SSSR count). The summed E-state index contributed by atoms with van der Waals surface area (Å²) in [6.07, 6.45) is -1.14. The lowest BCUT2D eigenvalue weighted by Gasteiger charge is -2.31. The van der Waals surface area contributed by atoms with Crippen LogP contribution in [0.1, 0.15) is 12.8 Å². The Morgan fingerprint density at radius 1 is 1.43 bits per heavy atom. The van der Waals surface area contributed by atoms with Gasteiger partial charge in [-0.1, -0.05) is 29.3 Å². The molecular weight excluding hydrogens is 321 g/mol. The van der Waals surface area contributed by atoms with Crippen LogP contribution in [0.25, 0.3) is 0 Å². The summed E-state index contributed by atoms with van der Waals surface area (Å²) in [5, 5.41) is 3.28. The molecule has 1 aliphatic heterocycles. The van der Waals surface area contributed by atoms with E-state index in [1.807, 2.05) is 0 Å². The number of likely N-dealkylation sites (tertiary alicyclic amines) is 1. The van der Waals surface area contributed by atoms with Crippen LogP contribution in [0.5, 0.6) is 0 Å². The van der Waals surface area contributed by atoms with E-state index in [9.17, 15) is 13.6 Å². The number of hydrogen-bond donors (Lipinski definition) is 1. The van der Waals surface area contributed by atoms with Crippen LogP contribution in [0.4, 0.5) is 14.5 Å². The Balaban J connectivity index is 1.91. The van der Waals surface area contributed by atoms with E-state index in [1.165, 1.54) is 0 Å². The molecule has 1 saturated heterocycles. The van der Waals surface area contributed by atoms with E-state index in [4.69, 9.17) is 23.2 Å². The van der Waals surface area contributed by atoms with Gasteiger partial charge >= 0.3 is 0 Å². The minimum atomic E-state index is -2.33. The summed E-state index contributed by atoms with van der Waals surface area (Å²) >= 11 is 11.9. The fraction of sp³-hybridized carbons (Fsp3) is 0.500. The minimum absolute atomic E-state index is 0.0755. The van der Waals surface area contributed by atoms with Gasteiger partial charge < -0.3 is 5.32 Å². The molecule has 1 atom stereocenters. The first-order valence-corrected chi connectivity index (χ1v) is 7.47. The number of rotatable bonds is 4. The summed E-state index contributed by atoms with van der Waals surface area (Å²) in [4.78, 5) is 13.7. The summed E-state index contributed by atoms with van der Waals surface area (Å²) in [6, 6.07) is 4.94. The van der Waals surface area contributed by atoms with Gasteiger partial charge in [0.2, 0.25) is 12.3 Å². The molecule has 1 unspecified atom stereocenters. The molecule has 1 N–H and O–H groups in total. The van der Waals surface area contributed by atoms with Crippen molar-refractivity contribution in [2.45, 2.75) is 19.3 Å². The van der Waals surface area contributed by atoms with Crippen LogP contribution in [-0.4, -0.2) is 36.9 Å². The first kappa shape index (κ1) is 16.5. The molecule has 0 spiro atoms. The quantitative estimate of drug-likeness (QED) is 0.904. The molecule has 1 heterocycles. The molecule has 1 aliphatic rings. The number of anilines is 1. The van der Waals surface area contributed by atoms with E-state index in [2.05, 4.69) is 5.32 Å². The van der Waals surface area contributed by atoms with Crippen LogP contribution in [-0.2, 0) is 4.79 Å². The number of hydrogen-bond acceptors (Lipinski definition) is 2. The maximum Gasteiger partial charge on any atom is 0.242 e. The van der Waals surface area contributed by atoms with E-state index >= 15 is 0 Å². The van der Waals surface area contributed by atoms with Crippen molar-refractivity contribution in [3.05, 3.63) is 28.2 Å². The Hall–Kier alpha value is -0.910. The van der Waals surface area contributed by atoms with Crippen molar-refractivity contribution < 1.29 is 13.6 Å². The fourth-order valence-electron chi connectivity index (χ4n) is 2.43. The third kappa shape index (κ3) is 4.53. The molecule has 0 bridgehead atoms. The van der Waals surface area contributed by atoms with Gasteiger partial charge in [-0.15, -0.1) is 0 Å². The van der Waals surface area contributed by atoms with Gasteiger partial charge in [0, 0.05) is 12.5 Å². The summed E-state index contributed by atoms with van der Waals surface area (Å²) in [5.41, 5.74) is 0.427. The smallest absolute Gasteiger partial charge is 0.242 e. The average molecular weight is 337 g/mol. The Kier molecular flexibility index (Phi) is 5.79. The largest absolute Gasteiger partial charge is 0.324 e. The second-order valence-electron chi connectivity index (χ2n) is 5.12. The van der Waals surface area contributed by atoms with E-state index in [-0.39, 0.29) is 24.0 Å². The first-order chi connectivity index (χ1) is 9.97. The molecule has 0 saturated carbocycles. The zero-order chi connectivity index (χ0) is 15.4.